The van der Waals surface area contributed by atoms with Crippen LogP contribution in [0.2, 0.25) is 0 Å². The van der Waals surface area contributed by atoms with Crippen LogP contribution in [0.1, 0.15) is 0 Å². The Morgan fingerprint density at radius 3 is 3.00 bits per heavy atom. The summed E-state index contributed by atoms with van der Waals surface area (Å²) in [6, 6.07) is 0. The third-order valence-corrected chi connectivity index (χ3v) is 2.43. The molecular formula is C9H12BrN3O2. The smallest absolute Gasteiger partial charge is 0.144 e. The molecule has 0 aromatic carbocycles. The van der Waals surface area contributed by atoms with Gasteiger partial charge in [-0.05, 0) is 15.9 Å². The van der Waals surface area contributed by atoms with Gasteiger partial charge in [-0.25, -0.2) is 9.97 Å². The van der Waals surface area contributed by atoms with E-state index in [9.17, 15) is 0 Å². The summed E-state index contributed by atoms with van der Waals surface area (Å²) in [6.45, 7) is 2.68. The van der Waals surface area contributed by atoms with Crippen molar-refractivity contribution in [2.24, 2.45) is 0 Å². The Morgan fingerprint density at radius 1 is 1.40 bits per heavy atom. The van der Waals surface area contributed by atoms with Gasteiger partial charge >= 0.3 is 0 Å². The van der Waals surface area contributed by atoms with Gasteiger partial charge < -0.3 is 14.8 Å². The summed E-state index contributed by atoms with van der Waals surface area (Å²) in [5.41, 5.74) is 0. The molecule has 5 nitrogen and oxygen atoms in total. The number of nitrogens with one attached hydrogen (secondary N) is 1. The van der Waals surface area contributed by atoms with Crippen molar-refractivity contribution in [3.05, 3.63) is 17.0 Å². The summed E-state index contributed by atoms with van der Waals surface area (Å²) < 4.78 is 11.5. The molecule has 0 spiro atoms. The van der Waals surface area contributed by atoms with Gasteiger partial charge in [0.05, 0.1) is 38.3 Å². The van der Waals surface area contributed by atoms with Crippen molar-refractivity contribution >= 4 is 21.7 Å². The number of anilines is 1. The minimum atomic E-state index is 0.101. The summed E-state index contributed by atoms with van der Waals surface area (Å²) in [5, 5.41) is 3.14. The summed E-state index contributed by atoms with van der Waals surface area (Å²) in [5.74, 6) is 0.743. The predicted octanol–water partition coefficient (Wildman–Crippen LogP) is 1.07. The number of rotatable bonds is 3. The molecule has 2 rings (SSSR count). The average molecular weight is 274 g/mol. The fraction of sp³-hybridized carbons (Fsp3) is 0.556. The molecule has 6 heteroatoms. The van der Waals surface area contributed by atoms with Gasteiger partial charge in [-0.3, -0.25) is 0 Å². The number of hydrogen-bond donors (Lipinski definition) is 1. The van der Waals surface area contributed by atoms with E-state index in [-0.39, 0.29) is 6.10 Å². The maximum absolute atomic E-state index is 5.48. The van der Waals surface area contributed by atoms with Gasteiger partial charge in [-0.15, -0.1) is 0 Å². The monoisotopic (exact) mass is 273 g/mol. The Kier molecular flexibility index (Phi) is 3.87. The lowest BCUT2D eigenvalue weighted by molar-refractivity contribution is -0.0819. The first-order valence-electron chi connectivity index (χ1n) is 4.75. The predicted molar refractivity (Wildman–Crippen MR) is 58.8 cm³/mol. The second-order valence-electron chi connectivity index (χ2n) is 3.17. The van der Waals surface area contributed by atoms with Crippen LogP contribution in [0.25, 0.3) is 0 Å². The van der Waals surface area contributed by atoms with Crippen LogP contribution in [0.3, 0.4) is 0 Å². The summed E-state index contributed by atoms with van der Waals surface area (Å²) >= 11 is 3.23. The average Bonchev–Trinajstić information content (AvgIpc) is 2.30. The Hall–Kier alpha value is -0.720. The highest BCUT2D eigenvalue weighted by atomic mass is 79.9. The van der Waals surface area contributed by atoms with Gasteiger partial charge in [-0.2, -0.15) is 0 Å². The second kappa shape index (κ2) is 5.39. The third-order valence-electron chi connectivity index (χ3n) is 2.02. The molecule has 1 atom stereocenters. The molecule has 1 aliphatic rings. The van der Waals surface area contributed by atoms with Gasteiger partial charge in [0.15, 0.2) is 0 Å². The lowest BCUT2D eigenvalue weighted by Crippen LogP contribution is -2.34. The van der Waals surface area contributed by atoms with E-state index in [1.807, 2.05) is 0 Å². The molecular weight excluding hydrogens is 262 g/mol. The number of hydrogen-bond acceptors (Lipinski definition) is 5. The first kappa shape index (κ1) is 10.8. The highest BCUT2D eigenvalue weighted by molar-refractivity contribution is 9.10. The number of aromatic nitrogens is 2. The van der Waals surface area contributed by atoms with E-state index in [1.165, 1.54) is 0 Å². The molecule has 0 aliphatic carbocycles. The zero-order chi connectivity index (χ0) is 10.5. The molecule has 0 bridgehead atoms. The molecule has 0 amide bonds. The Morgan fingerprint density at radius 2 is 2.33 bits per heavy atom. The minimum absolute atomic E-state index is 0.101. The SMILES string of the molecule is Brc1cnc(NCC2COCCO2)cn1. The summed E-state index contributed by atoms with van der Waals surface area (Å²) in [4.78, 5) is 8.21. The van der Waals surface area contributed by atoms with E-state index in [0.717, 1.165) is 10.4 Å². The number of nitrogens with zero attached hydrogens (tertiary/aromatic N) is 2. The highest BCUT2D eigenvalue weighted by Crippen LogP contribution is 2.07. The normalized spacial score (nSPS) is 21.3. The topological polar surface area (TPSA) is 56.3 Å². The molecule has 82 valence electrons. The van der Waals surface area contributed by atoms with E-state index < -0.39 is 0 Å². The standard InChI is InChI=1S/C9H12BrN3O2/c10-8-4-13-9(5-11-8)12-3-7-6-14-1-2-15-7/h4-5,7H,1-3,6H2,(H,12,13). The fourth-order valence-corrected chi connectivity index (χ4v) is 1.48. The quantitative estimate of drug-likeness (QED) is 0.893. The van der Waals surface area contributed by atoms with Gasteiger partial charge in [0.1, 0.15) is 10.4 Å². The van der Waals surface area contributed by atoms with E-state index in [1.54, 1.807) is 12.4 Å². The van der Waals surface area contributed by atoms with Crippen LogP contribution < -0.4 is 5.32 Å². The zero-order valence-corrected chi connectivity index (χ0v) is 9.74. The van der Waals surface area contributed by atoms with E-state index in [0.29, 0.717) is 26.4 Å². The van der Waals surface area contributed by atoms with Crippen LogP contribution in [0.5, 0.6) is 0 Å². The molecule has 1 saturated heterocycles. The molecule has 1 fully saturated rings. The van der Waals surface area contributed by atoms with Crippen LogP contribution in [0, 0.1) is 0 Å². The Labute approximate surface area is 96.3 Å². The number of ether oxygens (including phenoxy) is 2. The van der Waals surface area contributed by atoms with Gasteiger partial charge in [0.25, 0.3) is 0 Å². The van der Waals surface area contributed by atoms with Crippen LogP contribution in [0.4, 0.5) is 5.82 Å². The molecule has 1 aliphatic heterocycles. The molecule has 1 aromatic rings. The molecule has 1 aromatic heterocycles. The lowest BCUT2D eigenvalue weighted by Gasteiger charge is -2.23. The third kappa shape index (κ3) is 3.40. The molecule has 0 saturated carbocycles. The van der Waals surface area contributed by atoms with Gasteiger partial charge in [0, 0.05) is 6.54 Å². The Bertz CT molecular complexity index is 301. The largest absolute Gasteiger partial charge is 0.376 e. The van der Waals surface area contributed by atoms with Crippen LogP contribution in [-0.4, -0.2) is 42.4 Å². The van der Waals surface area contributed by atoms with Crippen LogP contribution in [0.15, 0.2) is 17.0 Å². The summed E-state index contributed by atoms with van der Waals surface area (Å²) in [7, 11) is 0. The van der Waals surface area contributed by atoms with Crippen molar-refractivity contribution in [2.45, 2.75) is 6.10 Å². The van der Waals surface area contributed by atoms with Gasteiger partial charge in [-0.1, -0.05) is 0 Å². The summed E-state index contributed by atoms with van der Waals surface area (Å²) in [6.07, 6.45) is 3.43. The van der Waals surface area contributed by atoms with Gasteiger partial charge in [0.2, 0.25) is 0 Å². The van der Waals surface area contributed by atoms with Crippen molar-refractivity contribution in [1.82, 2.24) is 9.97 Å². The molecule has 1 unspecified atom stereocenters. The lowest BCUT2D eigenvalue weighted by atomic mass is 10.3. The second-order valence-corrected chi connectivity index (χ2v) is 3.99. The maximum Gasteiger partial charge on any atom is 0.144 e. The van der Waals surface area contributed by atoms with Crippen molar-refractivity contribution in [3.8, 4) is 0 Å². The molecule has 0 radical (unpaired) electrons. The highest BCUT2D eigenvalue weighted by Gasteiger charge is 2.13. The van der Waals surface area contributed by atoms with E-state index in [2.05, 4.69) is 31.2 Å². The van der Waals surface area contributed by atoms with E-state index in [4.69, 9.17) is 9.47 Å². The maximum atomic E-state index is 5.48. The zero-order valence-electron chi connectivity index (χ0n) is 8.15. The van der Waals surface area contributed by atoms with E-state index >= 15 is 0 Å². The van der Waals surface area contributed by atoms with Crippen molar-refractivity contribution in [3.63, 3.8) is 0 Å². The Balaban J connectivity index is 1.79. The first-order valence-corrected chi connectivity index (χ1v) is 5.54. The van der Waals surface area contributed by atoms with Crippen LogP contribution >= 0.6 is 15.9 Å². The first-order chi connectivity index (χ1) is 7.34. The number of halogens is 1. The molecule has 15 heavy (non-hydrogen) atoms. The van der Waals surface area contributed by atoms with Crippen molar-refractivity contribution in [1.29, 1.82) is 0 Å². The fourth-order valence-electron chi connectivity index (χ4n) is 1.28. The molecule has 1 N–H and O–H groups in total. The minimum Gasteiger partial charge on any atom is -0.376 e. The molecule has 2 heterocycles. The van der Waals surface area contributed by atoms with Crippen LogP contribution in [-0.2, 0) is 9.47 Å². The van der Waals surface area contributed by atoms with Crippen molar-refractivity contribution < 1.29 is 9.47 Å². The van der Waals surface area contributed by atoms with Crippen molar-refractivity contribution in [2.75, 3.05) is 31.7 Å².